The van der Waals surface area contributed by atoms with Crippen molar-refractivity contribution in [1.29, 1.82) is 0 Å². The summed E-state index contributed by atoms with van der Waals surface area (Å²) in [7, 11) is 0. The van der Waals surface area contributed by atoms with Crippen molar-refractivity contribution >= 4 is 18.9 Å². The zero-order chi connectivity index (χ0) is 21.1. The standard InChI is InChI=1S/C19H18F3N4.H2OS/c1-11(2)14-9-12(3)15(13-7-5-4-6-8-13)10-16(14)26-18(23)24-17(25-26)19(20,21)22;1-2/h5-11H,1-3H3,(H2,23,24,25);1-2H. The minimum Gasteiger partial charge on any atom is -0.368 e. The van der Waals surface area contributed by atoms with Gasteiger partial charge < -0.3 is 10.3 Å². The van der Waals surface area contributed by atoms with E-state index in [9.17, 15) is 13.2 Å². The van der Waals surface area contributed by atoms with Gasteiger partial charge >= 0.3 is 6.18 Å². The SMILES string of the molecule is Cc1cc(C(C)C)c(-n2nc(C(F)(F)F)nc2N)cc1-c1cc[c]cc1.OS. The summed E-state index contributed by atoms with van der Waals surface area (Å²) in [5.41, 5.74) is 9.93. The Bertz CT molecular complexity index is 940. The fraction of sp³-hybridized carbons (Fsp3) is 0.263. The maximum Gasteiger partial charge on any atom is 0.453 e. The average molecular weight is 409 g/mol. The molecule has 0 atom stereocenters. The molecule has 28 heavy (non-hydrogen) atoms. The number of thiol groups is 1. The topological polar surface area (TPSA) is 77.0 Å². The van der Waals surface area contributed by atoms with Crippen LogP contribution in [0, 0.1) is 13.0 Å². The highest BCUT2D eigenvalue weighted by atomic mass is 32.1. The minimum absolute atomic E-state index is 0.0693. The van der Waals surface area contributed by atoms with Crippen LogP contribution in [0.5, 0.6) is 0 Å². The Morgan fingerprint density at radius 1 is 1.18 bits per heavy atom. The molecule has 0 unspecified atom stereocenters. The molecule has 0 saturated heterocycles. The quantitative estimate of drug-likeness (QED) is 0.413. The molecule has 0 fully saturated rings. The molecular weight excluding hydrogens is 389 g/mol. The molecule has 0 bridgehead atoms. The van der Waals surface area contributed by atoms with E-state index in [1.807, 2.05) is 45.0 Å². The van der Waals surface area contributed by atoms with Crippen LogP contribution in [0.2, 0.25) is 0 Å². The van der Waals surface area contributed by atoms with Crippen molar-refractivity contribution in [2.24, 2.45) is 0 Å². The summed E-state index contributed by atoms with van der Waals surface area (Å²) in [5, 5.41) is 3.61. The second-order valence-corrected chi connectivity index (χ2v) is 6.37. The van der Waals surface area contributed by atoms with E-state index in [-0.39, 0.29) is 11.9 Å². The van der Waals surface area contributed by atoms with E-state index in [0.717, 1.165) is 26.9 Å². The molecule has 1 heterocycles. The summed E-state index contributed by atoms with van der Waals surface area (Å²) in [4.78, 5) is 3.38. The highest BCUT2D eigenvalue weighted by molar-refractivity contribution is 7.74. The molecule has 9 heteroatoms. The van der Waals surface area contributed by atoms with Gasteiger partial charge in [-0.3, -0.25) is 0 Å². The lowest BCUT2D eigenvalue weighted by Crippen LogP contribution is -2.10. The van der Waals surface area contributed by atoms with Crippen molar-refractivity contribution in [2.45, 2.75) is 32.9 Å². The molecule has 149 valence electrons. The molecule has 2 aromatic carbocycles. The molecule has 0 aliphatic heterocycles. The van der Waals surface area contributed by atoms with Crippen LogP contribution in [0.25, 0.3) is 16.8 Å². The molecule has 0 amide bonds. The lowest BCUT2D eigenvalue weighted by molar-refractivity contribution is -0.144. The van der Waals surface area contributed by atoms with Gasteiger partial charge in [0.05, 0.1) is 5.69 Å². The zero-order valence-electron chi connectivity index (χ0n) is 15.5. The highest BCUT2D eigenvalue weighted by Crippen LogP contribution is 2.34. The second-order valence-electron chi connectivity index (χ2n) is 6.37. The minimum atomic E-state index is -4.65. The number of nitrogens with two attached hydrogens (primary N) is 1. The number of anilines is 1. The monoisotopic (exact) mass is 409 g/mol. The fourth-order valence-electron chi connectivity index (χ4n) is 2.86. The van der Waals surface area contributed by atoms with E-state index in [1.165, 1.54) is 0 Å². The Morgan fingerprint density at radius 2 is 1.79 bits per heavy atom. The number of halogens is 3. The number of rotatable bonds is 3. The number of benzene rings is 2. The molecule has 5 nitrogen and oxygen atoms in total. The summed E-state index contributed by atoms with van der Waals surface area (Å²) >= 11 is 2.53. The number of aryl methyl sites for hydroxylation is 1. The van der Waals surface area contributed by atoms with E-state index in [0.29, 0.717) is 5.69 Å². The third-order valence-electron chi connectivity index (χ3n) is 4.14. The van der Waals surface area contributed by atoms with Crippen LogP contribution in [0.3, 0.4) is 0 Å². The molecule has 1 aromatic heterocycles. The normalized spacial score (nSPS) is 11.3. The highest BCUT2D eigenvalue weighted by Gasteiger charge is 2.37. The first-order valence-corrected chi connectivity index (χ1v) is 8.69. The first-order valence-electron chi connectivity index (χ1n) is 8.29. The molecule has 3 rings (SSSR count). The molecule has 0 aliphatic rings. The van der Waals surface area contributed by atoms with Crippen LogP contribution < -0.4 is 5.73 Å². The van der Waals surface area contributed by atoms with Gasteiger partial charge in [0.2, 0.25) is 5.95 Å². The van der Waals surface area contributed by atoms with Gasteiger partial charge in [0.15, 0.2) is 0 Å². The van der Waals surface area contributed by atoms with Gasteiger partial charge in [-0.15, -0.1) is 5.10 Å². The summed E-state index contributed by atoms with van der Waals surface area (Å²) in [6.07, 6.45) is -4.65. The Labute approximate surface area is 166 Å². The predicted octanol–water partition coefficient (Wildman–Crippen LogP) is 5.16. The second kappa shape index (κ2) is 8.66. The fourth-order valence-corrected chi connectivity index (χ4v) is 2.86. The number of hydrogen-bond donors (Lipinski definition) is 3. The largest absolute Gasteiger partial charge is 0.453 e. The van der Waals surface area contributed by atoms with Crippen LogP contribution in [0.15, 0.2) is 36.4 Å². The Hall–Kier alpha value is -2.52. The number of aromatic nitrogens is 3. The summed E-state index contributed by atoms with van der Waals surface area (Å²) < 4.78 is 46.7. The maximum absolute atomic E-state index is 13.0. The van der Waals surface area contributed by atoms with Gasteiger partial charge in [-0.25, -0.2) is 0 Å². The van der Waals surface area contributed by atoms with Crippen LogP contribution >= 0.6 is 12.9 Å². The molecule has 3 aromatic rings. The maximum atomic E-state index is 13.0. The van der Waals surface area contributed by atoms with E-state index in [2.05, 4.69) is 29.1 Å². The van der Waals surface area contributed by atoms with Gasteiger partial charge in [0, 0.05) is 0 Å². The van der Waals surface area contributed by atoms with Crippen molar-refractivity contribution in [2.75, 3.05) is 5.73 Å². The van der Waals surface area contributed by atoms with Gasteiger partial charge in [-0.2, -0.15) is 22.8 Å². The Kier molecular flexibility index (Phi) is 6.73. The number of nitrogens with zero attached hydrogens (tertiary/aromatic N) is 3. The summed E-state index contributed by atoms with van der Waals surface area (Å²) in [5.74, 6) is -1.48. The third-order valence-corrected chi connectivity index (χ3v) is 4.14. The molecule has 0 saturated carbocycles. The van der Waals surface area contributed by atoms with E-state index in [4.69, 9.17) is 10.3 Å². The first-order chi connectivity index (χ1) is 13.2. The smallest absolute Gasteiger partial charge is 0.368 e. The molecule has 0 aliphatic carbocycles. The summed E-state index contributed by atoms with van der Waals surface area (Å²) in [6, 6.07) is 14.1. The molecular formula is C19H20F3N4OS. The lowest BCUT2D eigenvalue weighted by Gasteiger charge is -2.17. The number of hydrogen-bond acceptors (Lipinski definition) is 5. The molecule has 3 N–H and O–H groups in total. The van der Waals surface area contributed by atoms with Crippen molar-refractivity contribution in [3.63, 3.8) is 0 Å². The van der Waals surface area contributed by atoms with Crippen molar-refractivity contribution in [3.8, 4) is 16.8 Å². The van der Waals surface area contributed by atoms with E-state index >= 15 is 0 Å². The van der Waals surface area contributed by atoms with Crippen molar-refractivity contribution in [1.82, 2.24) is 14.8 Å². The van der Waals surface area contributed by atoms with Gasteiger partial charge in [0.1, 0.15) is 0 Å². The lowest BCUT2D eigenvalue weighted by atomic mass is 9.92. The van der Waals surface area contributed by atoms with Gasteiger partial charge in [-0.05, 0) is 60.1 Å². The van der Waals surface area contributed by atoms with Crippen LogP contribution in [0.1, 0.15) is 36.7 Å². The van der Waals surface area contributed by atoms with Gasteiger partial charge in [0.25, 0.3) is 5.82 Å². The zero-order valence-corrected chi connectivity index (χ0v) is 16.4. The number of alkyl halides is 3. The van der Waals surface area contributed by atoms with Crippen LogP contribution in [0.4, 0.5) is 19.1 Å². The van der Waals surface area contributed by atoms with Crippen LogP contribution in [-0.2, 0) is 6.18 Å². The van der Waals surface area contributed by atoms with E-state index < -0.39 is 12.0 Å². The van der Waals surface area contributed by atoms with E-state index in [1.54, 1.807) is 12.1 Å². The van der Waals surface area contributed by atoms with Crippen molar-refractivity contribution in [3.05, 3.63) is 59.4 Å². The predicted molar refractivity (Wildman–Crippen MR) is 105 cm³/mol. The summed E-state index contributed by atoms with van der Waals surface area (Å²) in [6.45, 7) is 5.90. The van der Waals surface area contributed by atoms with Crippen LogP contribution in [-0.4, -0.2) is 19.3 Å². The van der Waals surface area contributed by atoms with Crippen molar-refractivity contribution < 1.29 is 17.7 Å². The number of nitrogen functional groups attached to an aromatic ring is 1. The average Bonchev–Trinajstić information content (AvgIpc) is 3.06. The molecule has 0 spiro atoms. The molecule has 1 radical (unpaired) electrons. The third kappa shape index (κ3) is 4.48. The first kappa shape index (κ1) is 21.8. The Morgan fingerprint density at radius 3 is 2.29 bits per heavy atom. The van der Waals surface area contributed by atoms with Gasteiger partial charge in [-0.1, -0.05) is 44.2 Å². The Balaban J connectivity index is 0.00000136.